The molecule has 1 aliphatic heterocycles. The Balaban J connectivity index is 1.65. The maximum absolute atomic E-state index is 11.7. The van der Waals surface area contributed by atoms with Crippen molar-refractivity contribution >= 4 is 18.0 Å². The molecular formula is C16H20N2O5. The summed E-state index contributed by atoms with van der Waals surface area (Å²) >= 11 is 0. The predicted molar refractivity (Wildman–Crippen MR) is 81.3 cm³/mol. The van der Waals surface area contributed by atoms with Crippen molar-refractivity contribution in [1.82, 2.24) is 10.6 Å². The highest BCUT2D eigenvalue weighted by Gasteiger charge is 2.36. The summed E-state index contributed by atoms with van der Waals surface area (Å²) in [5.74, 6) is -0.954. The molecule has 7 heteroatoms. The minimum absolute atomic E-state index is 0.195. The van der Waals surface area contributed by atoms with Crippen LogP contribution in [0.4, 0.5) is 4.79 Å². The van der Waals surface area contributed by atoms with Gasteiger partial charge in [0.05, 0.1) is 7.11 Å². The molecule has 1 aliphatic rings. The van der Waals surface area contributed by atoms with Crippen molar-refractivity contribution in [2.24, 2.45) is 5.92 Å². The molecule has 2 atom stereocenters. The van der Waals surface area contributed by atoms with E-state index in [4.69, 9.17) is 4.74 Å². The van der Waals surface area contributed by atoms with Crippen LogP contribution in [-0.2, 0) is 25.7 Å². The van der Waals surface area contributed by atoms with Crippen LogP contribution in [0.15, 0.2) is 30.3 Å². The number of benzene rings is 1. The van der Waals surface area contributed by atoms with E-state index in [9.17, 15) is 14.4 Å². The Hall–Kier alpha value is -2.57. The van der Waals surface area contributed by atoms with E-state index < -0.39 is 18.1 Å². The molecule has 0 spiro atoms. The van der Waals surface area contributed by atoms with E-state index in [0.717, 1.165) is 5.56 Å². The lowest BCUT2D eigenvalue weighted by Crippen LogP contribution is -2.34. The molecule has 0 bridgehead atoms. The highest BCUT2D eigenvalue weighted by Crippen LogP contribution is 2.19. The van der Waals surface area contributed by atoms with Gasteiger partial charge in [0.15, 0.2) is 0 Å². The number of hydrogen-bond donors (Lipinski definition) is 2. The van der Waals surface area contributed by atoms with Gasteiger partial charge in [-0.05, 0) is 18.4 Å². The molecule has 2 rings (SSSR count). The van der Waals surface area contributed by atoms with Crippen LogP contribution in [0.1, 0.15) is 18.4 Å². The van der Waals surface area contributed by atoms with Crippen molar-refractivity contribution in [2.75, 3.05) is 13.7 Å². The summed E-state index contributed by atoms with van der Waals surface area (Å²) < 4.78 is 9.68. The first-order valence-corrected chi connectivity index (χ1v) is 7.43. The second-order valence-corrected chi connectivity index (χ2v) is 5.29. The molecule has 0 aromatic heterocycles. The topological polar surface area (TPSA) is 93.7 Å². The number of carbonyl (C=O) groups excluding carboxylic acids is 3. The third kappa shape index (κ3) is 4.98. The van der Waals surface area contributed by atoms with Gasteiger partial charge in [0.1, 0.15) is 12.6 Å². The molecule has 1 aromatic rings. The van der Waals surface area contributed by atoms with Gasteiger partial charge in [0, 0.05) is 12.5 Å². The molecule has 7 nitrogen and oxygen atoms in total. The van der Waals surface area contributed by atoms with Crippen LogP contribution in [0, 0.1) is 5.92 Å². The zero-order chi connectivity index (χ0) is 16.7. The molecule has 0 radical (unpaired) electrons. The summed E-state index contributed by atoms with van der Waals surface area (Å²) in [6.07, 6.45) is 0.295. The molecule has 124 valence electrons. The zero-order valence-corrected chi connectivity index (χ0v) is 12.9. The molecule has 2 N–H and O–H groups in total. The number of rotatable bonds is 6. The lowest BCUT2D eigenvalue weighted by molar-refractivity contribution is -0.143. The van der Waals surface area contributed by atoms with Crippen LogP contribution in [0.3, 0.4) is 0 Å². The second kappa shape index (κ2) is 8.17. The summed E-state index contributed by atoms with van der Waals surface area (Å²) in [5, 5.41) is 5.18. The molecule has 1 saturated heterocycles. The minimum atomic E-state index is -0.595. The predicted octanol–water partition coefficient (Wildman–Crippen LogP) is 0.981. The first kappa shape index (κ1) is 16.8. The average Bonchev–Trinajstić information content (AvgIpc) is 2.94. The Morgan fingerprint density at radius 3 is 2.74 bits per heavy atom. The van der Waals surface area contributed by atoms with E-state index in [1.807, 2.05) is 30.3 Å². The summed E-state index contributed by atoms with van der Waals surface area (Å²) in [6, 6.07) is 8.76. The monoisotopic (exact) mass is 320 g/mol. The smallest absolute Gasteiger partial charge is 0.407 e. The van der Waals surface area contributed by atoms with Gasteiger partial charge in [-0.3, -0.25) is 4.79 Å². The van der Waals surface area contributed by atoms with Crippen molar-refractivity contribution in [3.63, 3.8) is 0 Å². The summed E-state index contributed by atoms with van der Waals surface area (Å²) in [5.41, 5.74) is 0.902. The van der Waals surface area contributed by atoms with E-state index in [-0.39, 0.29) is 18.4 Å². The van der Waals surface area contributed by atoms with Gasteiger partial charge in [-0.25, -0.2) is 9.59 Å². The highest BCUT2D eigenvalue weighted by atomic mass is 16.5. The van der Waals surface area contributed by atoms with Crippen LogP contribution >= 0.6 is 0 Å². The summed E-state index contributed by atoms with van der Waals surface area (Å²) in [4.78, 5) is 34.7. The number of methoxy groups -OCH3 is 1. The normalized spacial score (nSPS) is 19.8. The van der Waals surface area contributed by atoms with E-state index >= 15 is 0 Å². The fourth-order valence-electron chi connectivity index (χ4n) is 2.41. The largest absolute Gasteiger partial charge is 0.467 e. The second-order valence-electron chi connectivity index (χ2n) is 5.29. The van der Waals surface area contributed by atoms with Crippen LogP contribution in [-0.4, -0.2) is 37.7 Å². The van der Waals surface area contributed by atoms with Crippen LogP contribution < -0.4 is 10.6 Å². The lowest BCUT2D eigenvalue weighted by Gasteiger charge is -2.09. The van der Waals surface area contributed by atoms with E-state index in [0.29, 0.717) is 19.4 Å². The molecule has 1 aromatic carbocycles. The number of ether oxygens (including phenoxy) is 2. The number of carbonyl (C=O) groups is 3. The SMILES string of the molecule is COC(=O)[C@@H]1C[C@H](CCNC(=O)OCc2ccccc2)C(=O)N1. The van der Waals surface area contributed by atoms with Gasteiger partial charge in [-0.2, -0.15) is 0 Å². The molecule has 1 fully saturated rings. The lowest BCUT2D eigenvalue weighted by atomic mass is 10.0. The van der Waals surface area contributed by atoms with Crippen molar-refractivity contribution in [3.05, 3.63) is 35.9 Å². The molecule has 1 heterocycles. The first-order chi connectivity index (χ1) is 11.1. The zero-order valence-electron chi connectivity index (χ0n) is 12.9. The average molecular weight is 320 g/mol. The number of nitrogens with one attached hydrogen (secondary N) is 2. The fourth-order valence-corrected chi connectivity index (χ4v) is 2.41. The van der Waals surface area contributed by atoms with Gasteiger partial charge in [0.25, 0.3) is 0 Å². The van der Waals surface area contributed by atoms with Gasteiger partial charge in [-0.1, -0.05) is 30.3 Å². The van der Waals surface area contributed by atoms with E-state index in [2.05, 4.69) is 15.4 Å². The third-order valence-corrected chi connectivity index (χ3v) is 3.67. The Morgan fingerprint density at radius 2 is 2.04 bits per heavy atom. The molecular weight excluding hydrogens is 300 g/mol. The Kier molecular flexibility index (Phi) is 5.96. The molecule has 2 amide bonds. The van der Waals surface area contributed by atoms with Crippen molar-refractivity contribution in [1.29, 1.82) is 0 Å². The van der Waals surface area contributed by atoms with E-state index in [1.54, 1.807) is 0 Å². The summed E-state index contributed by atoms with van der Waals surface area (Å²) in [6.45, 7) is 0.501. The van der Waals surface area contributed by atoms with Crippen molar-refractivity contribution < 1.29 is 23.9 Å². The Labute approximate surface area is 134 Å². The number of hydrogen-bond acceptors (Lipinski definition) is 5. The minimum Gasteiger partial charge on any atom is -0.467 e. The van der Waals surface area contributed by atoms with Crippen LogP contribution in [0.25, 0.3) is 0 Å². The first-order valence-electron chi connectivity index (χ1n) is 7.43. The number of amides is 2. The molecule has 0 aliphatic carbocycles. The standard InChI is InChI=1S/C16H20N2O5/c1-22-15(20)13-9-12(14(19)18-13)7-8-17-16(21)23-10-11-5-3-2-4-6-11/h2-6,12-13H,7-10H2,1H3,(H,17,21)(H,18,19)/t12-,13-/m0/s1. The quantitative estimate of drug-likeness (QED) is 0.762. The molecule has 23 heavy (non-hydrogen) atoms. The maximum Gasteiger partial charge on any atom is 0.407 e. The van der Waals surface area contributed by atoms with Gasteiger partial charge < -0.3 is 20.1 Å². The summed E-state index contributed by atoms with van der Waals surface area (Å²) in [7, 11) is 1.28. The van der Waals surface area contributed by atoms with Crippen molar-refractivity contribution in [2.45, 2.75) is 25.5 Å². The Bertz CT molecular complexity index is 561. The molecule has 0 saturated carbocycles. The van der Waals surface area contributed by atoms with E-state index in [1.165, 1.54) is 7.11 Å². The highest BCUT2D eigenvalue weighted by molar-refractivity contribution is 5.89. The molecule has 0 unspecified atom stereocenters. The fraction of sp³-hybridized carbons (Fsp3) is 0.438. The number of esters is 1. The third-order valence-electron chi connectivity index (χ3n) is 3.67. The Morgan fingerprint density at radius 1 is 1.30 bits per heavy atom. The van der Waals surface area contributed by atoms with Gasteiger partial charge in [0.2, 0.25) is 5.91 Å². The number of alkyl carbamates (subject to hydrolysis) is 1. The van der Waals surface area contributed by atoms with Crippen LogP contribution in [0.2, 0.25) is 0 Å². The van der Waals surface area contributed by atoms with Crippen molar-refractivity contribution in [3.8, 4) is 0 Å². The van der Waals surface area contributed by atoms with Crippen LogP contribution in [0.5, 0.6) is 0 Å². The maximum atomic E-state index is 11.7. The van der Waals surface area contributed by atoms with Gasteiger partial charge >= 0.3 is 12.1 Å². The van der Waals surface area contributed by atoms with Gasteiger partial charge in [-0.15, -0.1) is 0 Å².